The van der Waals surface area contributed by atoms with Crippen LogP contribution < -0.4 is 5.32 Å². The predicted molar refractivity (Wildman–Crippen MR) is 110 cm³/mol. The Morgan fingerprint density at radius 2 is 1.93 bits per heavy atom. The van der Waals surface area contributed by atoms with E-state index in [9.17, 15) is 4.79 Å². The maximum Gasteiger partial charge on any atom is 0.234 e. The van der Waals surface area contributed by atoms with E-state index in [1.165, 1.54) is 18.4 Å². The van der Waals surface area contributed by atoms with E-state index in [1.807, 2.05) is 18.2 Å². The molecule has 3 rings (SSSR count). The normalized spacial score (nSPS) is 16.0. The summed E-state index contributed by atoms with van der Waals surface area (Å²) in [5.74, 6) is 1.32. The third-order valence-corrected chi connectivity index (χ3v) is 6.64. The van der Waals surface area contributed by atoms with Crippen molar-refractivity contribution in [3.8, 4) is 0 Å². The van der Waals surface area contributed by atoms with Gasteiger partial charge < -0.3 is 9.88 Å². The smallest absolute Gasteiger partial charge is 0.234 e. The van der Waals surface area contributed by atoms with E-state index in [0.29, 0.717) is 6.04 Å². The van der Waals surface area contributed by atoms with E-state index in [4.69, 9.17) is 0 Å². The van der Waals surface area contributed by atoms with Crippen molar-refractivity contribution < 1.29 is 4.79 Å². The zero-order valence-electron chi connectivity index (χ0n) is 16.5. The Bertz CT molecular complexity index is 738. The lowest BCUT2D eigenvalue weighted by Gasteiger charge is -2.22. The fourth-order valence-corrected chi connectivity index (χ4v) is 4.72. The van der Waals surface area contributed by atoms with Crippen molar-refractivity contribution in [1.82, 2.24) is 20.1 Å². The number of carbonyl (C=O) groups excluding carboxylic acids is 1. The summed E-state index contributed by atoms with van der Waals surface area (Å²) in [7, 11) is 0. The van der Waals surface area contributed by atoms with Gasteiger partial charge in [-0.3, -0.25) is 4.79 Å². The van der Waals surface area contributed by atoms with Gasteiger partial charge in [-0.25, -0.2) is 0 Å². The van der Waals surface area contributed by atoms with Gasteiger partial charge in [0.05, 0.1) is 5.25 Å². The summed E-state index contributed by atoms with van der Waals surface area (Å²) in [4.78, 5) is 12.9. The largest absolute Gasteiger partial charge is 0.352 e. The second-order valence-electron chi connectivity index (χ2n) is 7.58. The van der Waals surface area contributed by atoms with Crippen molar-refractivity contribution in [1.29, 1.82) is 0 Å². The Hall–Kier alpha value is -1.82. The minimum absolute atomic E-state index is 0.136. The van der Waals surface area contributed by atoms with Crippen molar-refractivity contribution in [3.05, 3.63) is 41.7 Å². The molecule has 0 aliphatic heterocycles. The van der Waals surface area contributed by atoms with Crippen molar-refractivity contribution in [2.45, 2.75) is 75.9 Å². The average Bonchev–Trinajstić information content (AvgIpc) is 3.29. The molecule has 1 aromatic heterocycles. The molecule has 1 atom stereocenters. The van der Waals surface area contributed by atoms with Crippen LogP contribution in [0.15, 0.2) is 35.5 Å². The molecule has 1 aromatic carbocycles. The van der Waals surface area contributed by atoms with E-state index in [0.717, 1.165) is 36.8 Å². The number of nitrogens with one attached hydrogen (secondary N) is 1. The van der Waals surface area contributed by atoms with Gasteiger partial charge in [0.15, 0.2) is 5.16 Å². The molecule has 1 unspecified atom stereocenters. The Balaban J connectivity index is 1.72. The molecule has 5 nitrogen and oxygen atoms in total. The molecule has 1 saturated carbocycles. The lowest BCUT2D eigenvalue weighted by atomic mass is 10.1. The molecule has 146 valence electrons. The van der Waals surface area contributed by atoms with Crippen LogP contribution in [0.5, 0.6) is 0 Å². The Kier molecular flexibility index (Phi) is 6.94. The van der Waals surface area contributed by atoms with Crippen molar-refractivity contribution in [3.63, 3.8) is 0 Å². The van der Waals surface area contributed by atoms with Gasteiger partial charge in [0, 0.05) is 19.0 Å². The highest BCUT2D eigenvalue weighted by Crippen LogP contribution is 2.29. The fraction of sp³-hybridized carbons (Fsp3) is 0.571. The number of aromatic nitrogens is 3. The molecule has 27 heavy (non-hydrogen) atoms. The van der Waals surface area contributed by atoms with E-state index in [1.54, 1.807) is 11.8 Å². The summed E-state index contributed by atoms with van der Waals surface area (Å²) in [6.45, 7) is 7.10. The van der Waals surface area contributed by atoms with Gasteiger partial charge in [-0.15, -0.1) is 10.2 Å². The average molecular weight is 387 g/mol. The first-order valence-corrected chi connectivity index (χ1v) is 10.9. The van der Waals surface area contributed by atoms with Crippen LogP contribution >= 0.6 is 11.8 Å². The molecule has 6 heteroatoms. The molecular weight excluding hydrogens is 356 g/mol. The minimum Gasteiger partial charge on any atom is -0.352 e. The topological polar surface area (TPSA) is 59.8 Å². The molecule has 0 radical (unpaired) electrons. The monoisotopic (exact) mass is 386 g/mol. The SMILES string of the molecule is CCn1c(Cc2ccccc2)nnc1SC(C(=O)NC1CCCC1)C(C)C. The van der Waals surface area contributed by atoms with Crippen LogP contribution in [0.4, 0.5) is 0 Å². The van der Waals surface area contributed by atoms with E-state index < -0.39 is 0 Å². The van der Waals surface area contributed by atoms with Gasteiger partial charge in [0.1, 0.15) is 5.82 Å². The molecule has 1 amide bonds. The van der Waals surface area contributed by atoms with Crippen LogP contribution in [0, 0.1) is 5.92 Å². The number of hydrogen-bond donors (Lipinski definition) is 1. The highest BCUT2D eigenvalue weighted by molar-refractivity contribution is 8.00. The Labute approximate surface area is 166 Å². The van der Waals surface area contributed by atoms with E-state index in [2.05, 4.69) is 53.0 Å². The number of hydrogen-bond acceptors (Lipinski definition) is 4. The second-order valence-corrected chi connectivity index (χ2v) is 8.69. The van der Waals surface area contributed by atoms with Crippen LogP contribution in [-0.4, -0.2) is 32.0 Å². The highest BCUT2D eigenvalue weighted by atomic mass is 32.2. The molecule has 0 saturated heterocycles. The van der Waals surface area contributed by atoms with Crippen molar-refractivity contribution in [2.24, 2.45) is 5.92 Å². The quantitative estimate of drug-likeness (QED) is 0.695. The molecule has 1 aliphatic rings. The zero-order chi connectivity index (χ0) is 19.2. The van der Waals surface area contributed by atoms with Crippen LogP contribution in [0.2, 0.25) is 0 Å². The van der Waals surface area contributed by atoms with E-state index >= 15 is 0 Å². The first-order chi connectivity index (χ1) is 13.1. The lowest BCUT2D eigenvalue weighted by Crippen LogP contribution is -2.41. The highest BCUT2D eigenvalue weighted by Gasteiger charge is 2.29. The number of benzene rings is 1. The molecule has 1 N–H and O–H groups in total. The summed E-state index contributed by atoms with van der Waals surface area (Å²) >= 11 is 1.55. The van der Waals surface area contributed by atoms with Gasteiger partial charge in [0.25, 0.3) is 0 Å². The first kappa shape index (κ1) is 19.9. The number of nitrogens with zero attached hydrogens (tertiary/aromatic N) is 3. The standard InChI is InChI=1S/C21H30N4OS/c1-4-25-18(14-16-10-6-5-7-11-16)23-24-21(25)27-19(15(2)3)20(26)22-17-12-8-9-13-17/h5-7,10-11,15,17,19H,4,8-9,12-14H2,1-3H3,(H,22,26). The summed E-state index contributed by atoms with van der Waals surface area (Å²) < 4.78 is 2.13. The molecule has 2 aromatic rings. The summed E-state index contributed by atoms with van der Waals surface area (Å²) in [5, 5.41) is 12.8. The Morgan fingerprint density at radius 1 is 1.22 bits per heavy atom. The first-order valence-electron chi connectivity index (χ1n) is 10.0. The van der Waals surface area contributed by atoms with E-state index in [-0.39, 0.29) is 17.1 Å². The van der Waals surface area contributed by atoms with Gasteiger partial charge in [-0.2, -0.15) is 0 Å². The van der Waals surface area contributed by atoms with Crippen molar-refractivity contribution in [2.75, 3.05) is 0 Å². The maximum absolute atomic E-state index is 12.9. The van der Waals surface area contributed by atoms with Crippen LogP contribution in [-0.2, 0) is 17.8 Å². The molecule has 1 heterocycles. The van der Waals surface area contributed by atoms with Gasteiger partial charge in [-0.05, 0) is 31.2 Å². The summed E-state index contributed by atoms with van der Waals surface area (Å²) in [6.07, 6.45) is 5.40. The molecule has 0 bridgehead atoms. The summed E-state index contributed by atoms with van der Waals surface area (Å²) in [5.41, 5.74) is 1.22. The second kappa shape index (κ2) is 9.40. The van der Waals surface area contributed by atoms with Gasteiger partial charge in [0.2, 0.25) is 5.91 Å². The minimum atomic E-state index is -0.148. The fourth-order valence-electron chi connectivity index (χ4n) is 3.59. The molecule has 1 fully saturated rings. The summed E-state index contributed by atoms with van der Waals surface area (Å²) in [6, 6.07) is 10.7. The molecule has 0 spiro atoms. The number of rotatable bonds is 8. The number of amides is 1. The van der Waals surface area contributed by atoms with Gasteiger partial charge >= 0.3 is 0 Å². The van der Waals surface area contributed by atoms with Crippen LogP contribution in [0.3, 0.4) is 0 Å². The Morgan fingerprint density at radius 3 is 2.56 bits per heavy atom. The van der Waals surface area contributed by atoms with Crippen molar-refractivity contribution >= 4 is 17.7 Å². The van der Waals surface area contributed by atoms with Gasteiger partial charge in [-0.1, -0.05) is 68.8 Å². The molecular formula is C21H30N4OS. The van der Waals surface area contributed by atoms with Crippen LogP contribution in [0.25, 0.3) is 0 Å². The zero-order valence-corrected chi connectivity index (χ0v) is 17.3. The predicted octanol–water partition coefficient (Wildman–Crippen LogP) is 4.06. The third kappa shape index (κ3) is 5.12. The number of thioether (sulfide) groups is 1. The lowest BCUT2D eigenvalue weighted by molar-refractivity contribution is -0.121. The third-order valence-electron chi connectivity index (χ3n) is 5.11. The molecule has 1 aliphatic carbocycles. The van der Waals surface area contributed by atoms with Crippen LogP contribution in [0.1, 0.15) is 57.8 Å². The maximum atomic E-state index is 12.9. The number of carbonyl (C=O) groups is 1.